The number of hydrogen-bond donors (Lipinski definition) is 1. The van der Waals surface area contributed by atoms with E-state index in [1.54, 1.807) is 24.3 Å². The highest BCUT2D eigenvalue weighted by Crippen LogP contribution is 2.29. The van der Waals surface area contributed by atoms with Crippen molar-refractivity contribution in [3.05, 3.63) is 56.9 Å². The molecule has 0 spiro atoms. The van der Waals surface area contributed by atoms with E-state index in [1.807, 2.05) is 13.0 Å². The van der Waals surface area contributed by atoms with Crippen LogP contribution in [0.1, 0.15) is 53.2 Å². The van der Waals surface area contributed by atoms with Gasteiger partial charge in [-0.1, -0.05) is 25.5 Å². The third kappa shape index (κ3) is 4.84. The molecule has 29 heavy (non-hydrogen) atoms. The molecule has 0 fully saturated rings. The number of rotatable bonds is 10. The maximum absolute atomic E-state index is 13.3. The maximum Gasteiger partial charge on any atom is 0.271 e. The van der Waals surface area contributed by atoms with Crippen molar-refractivity contribution >= 4 is 5.78 Å². The normalized spacial score (nSPS) is 10.6. The van der Waals surface area contributed by atoms with Gasteiger partial charge in [0.15, 0.2) is 0 Å². The Bertz CT molecular complexity index is 972. The van der Waals surface area contributed by atoms with Crippen molar-refractivity contribution in [1.82, 2.24) is 4.57 Å². The quantitative estimate of drug-likeness (QED) is 0.487. The largest absolute Gasteiger partial charge is 0.494 e. The first kappa shape index (κ1) is 22.2. The van der Waals surface area contributed by atoms with Crippen LogP contribution in [-0.4, -0.2) is 35.8 Å². The average molecular weight is 398 g/mol. The second kappa shape index (κ2) is 10.4. The molecular weight excluding hydrogens is 372 g/mol. The summed E-state index contributed by atoms with van der Waals surface area (Å²) in [6.07, 6.45) is 2.24. The summed E-state index contributed by atoms with van der Waals surface area (Å²) in [5.74, 6) is -0.541. The number of ketones is 1. The lowest BCUT2D eigenvalue weighted by Crippen LogP contribution is -2.27. The molecule has 1 aromatic carbocycles. The molecule has 0 aliphatic rings. The fourth-order valence-corrected chi connectivity index (χ4v) is 3.04. The molecule has 0 aliphatic carbocycles. The molecule has 0 atom stereocenters. The number of pyridine rings is 1. The van der Waals surface area contributed by atoms with Gasteiger partial charge in [0.2, 0.25) is 11.7 Å². The van der Waals surface area contributed by atoms with Gasteiger partial charge >= 0.3 is 0 Å². The van der Waals surface area contributed by atoms with Crippen molar-refractivity contribution in [2.75, 3.05) is 20.3 Å². The highest BCUT2D eigenvalue weighted by atomic mass is 16.5. The maximum atomic E-state index is 13.3. The highest BCUT2D eigenvalue weighted by molar-refractivity contribution is 6.13. The van der Waals surface area contributed by atoms with Crippen LogP contribution in [0.15, 0.2) is 29.1 Å². The number of carbonyl (C=O) groups is 1. The molecule has 0 unspecified atom stereocenters. The van der Waals surface area contributed by atoms with Crippen molar-refractivity contribution in [3.8, 4) is 17.7 Å². The monoisotopic (exact) mass is 398 g/mol. The van der Waals surface area contributed by atoms with Crippen molar-refractivity contribution in [3.63, 3.8) is 0 Å². The molecule has 0 aliphatic heterocycles. The fraction of sp³-hybridized carbons (Fsp3) is 0.409. The van der Waals surface area contributed by atoms with E-state index in [1.165, 1.54) is 14.0 Å². The van der Waals surface area contributed by atoms with Crippen LogP contribution in [0.2, 0.25) is 0 Å². The number of nitrogens with zero attached hydrogens (tertiary/aromatic N) is 2. The molecule has 0 saturated carbocycles. The number of unbranched alkanes of at least 4 members (excludes halogenated alkanes) is 1. The lowest BCUT2D eigenvalue weighted by Gasteiger charge is -2.17. The van der Waals surface area contributed by atoms with E-state index < -0.39 is 17.2 Å². The number of aromatic nitrogens is 1. The summed E-state index contributed by atoms with van der Waals surface area (Å²) in [5.41, 5.74) is -0.417. The molecule has 154 valence electrons. The molecule has 1 N–H and O–H groups in total. The zero-order chi connectivity index (χ0) is 21.4. The van der Waals surface area contributed by atoms with E-state index in [9.17, 15) is 20.0 Å². The molecule has 0 amide bonds. The van der Waals surface area contributed by atoms with Gasteiger partial charge in [-0.05, 0) is 37.5 Å². The first-order valence-electron chi connectivity index (χ1n) is 9.59. The Balaban J connectivity index is 2.57. The van der Waals surface area contributed by atoms with Crippen molar-refractivity contribution < 1.29 is 19.4 Å². The number of carbonyl (C=O) groups excluding carboxylic acids is 1. The zero-order valence-electron chi connectivity index (χ0n) is 17.0. The van der Waals surface area contributed by atoms with E-state index in [4.69, 9.17) is 9.47 Å². The molecule has 0 radical (unpaired) electrons. The summed E-state index contributed by atoms with van der Waals surface area (Å²) < 4.78 is 11.8. The minimum absolute atomic E-state index is 0.0647. The fourth-order valence-electron chi connectivity index (χ4n) is 3.04. The third-order valence-corrected chi connectivity index (χ3v) is 4.64. The summed E-state index contributed by atoms with van der Waals surface area (Å²) in [4.78, 5) is 25.9. The topological polar surface area (TPSA) is 102 Å². The van der Waals surface area contributed by atoms with Gasteiger partial charge in [0.25, 0.3) is 5.56 Å². The van der Waals surface area contributed by atoms with Crippen LogP contribution in [0.25, 0.3) is 0 Å². The number of aromatic hydroxyl groups is 1. The smallest absolute Gasteiger partial charge is 0.271 e. The Hall–Kier alpha value is -3.11. The van der Waals surface area contributed by atoms with Gasteiger partial charge in [0, 0.05) is 20.3 Å². The Kier molecular flexibility index (Phi) is 7.98. The van der Waals surface area contributed by atoms with Gasteiger partial charge in [0.1, 0.15) is 17.4 Å². The summed E-state index contributed by atoms with van der Waals surface area (Å²) in [6, 6.07) is 8.62. The third-order valence-electron chi connectivity index (χ3n) is 4.64. The van der Waals surface area contributed by atoms with Crippen LogP contribution in [-0.2, 0) is 11.3 Å². The van der Waals surface area contributed by atoms with Crippen molar-refractivity contribution in [2.24, 2.45) is 0 Å². The molecule has 7 heteroatoms. The minimum Gasteiger partial charge on any atom is -0.494 e. The van der Waals surface area contributed by atoms with E-state index in [-0.39, 0.29) is 28.8 Å². The number of para-hydroxylation sites is 1. The summed E-state index contributed by atoms with van der Waals surface area (Å²) in [7, 11) is 1.53. The lowest BCUT2D eigenvalue weighted by molar-refractivity contribution is 0.103. The number of nitriles is 1. The van der Waals surface area contributed by atoms with E-state index in [0.29, 0.717) is 25.4 Å². The molecule has 7 nitrogen and oxygen atoms in total. The van der Waals surface area contributed by atoms with E-state index in [0.717, 1.165) is 17.4 Å². The van der Waals surface area contributed by atoms with Crippen LogP contribution in [0.5, 0.6) is 11.6 Å². The molecule has 2 rings (SSSR count). The van der Waals surface area contributed by atoms with Crippen LogP contribution in [0.4, 0.5) is 0 Å². The van der Waals surface area contributed by atoms with Crippen LogP contribution < -0.4 is 10.3 Å². The first-order chi connectivity index (χ1) is 14.0. The number of hydrogen-bond acceptors (Lipinski definition) is 6. The first-order valence-corrected chi connectivity index (χ1v) is 9.59. The van der Waals surface area contributed by atoms with Crippen LogP contribution in [0, 0.1) is 18.3 Å². The number of ether oxygens (including phenoxy) is 2. The van der Waals surface area contributed by atoms with Crippen molar-refractivity contribution in [1.29, 1.82) is 5.26 Å². The molecule has 1 aromatic heterocycles. The molecule has 0 bridgehead atoms. The second-order valence-electron chi connectivity index (χ2n) is 6.64. The Labute approximate surface area is 170 Å². The number of methoxy groups -OCH3 is 1. The number of benzene rings is 1. The Morgan fingerprint density at radius 3 is 2.62 bits per heavy atom. The van der Waals surface area contributed by atoms with Gasteiger partial charge in [-0.3, -0.25) is 14.2 Å². The van der Waals surface area contributed by atoms with Crippen molar-refractivity contribution in [2.45, 2.75) is 39.7 Å². The van der Waals surface area contributed by atoms with Gasteiger partial charge < -0.3 is 14.6 Å². The van der Waals surface area contributed by atoms with E-state index in [2.05, 4.69) is 0 Å². The summed E-state index contributed by atoms with van der Waals surface area (Å²) >= 11 is 0. The Morgan fingerprint density at radius 1 is 1.24 bits per heavy atom. The van der Waals surface area contributed by atoms with Crippen LogP contribution >= 0.6 is 0 Å². The zero-order valence-corrected chi connectivity index (χ0v) is 17.0. The standard InChI is InChI=1S/C22H26N2O5/c1-4-5-13-29-18-10-7-6-9-16(18)20(25)19-15(2)17(14-23)21(26)24(22(19)27)11-8-12-28-3/h6-7,9-10,27H,4-5,8,11-13H2,1-3H3. The van der Waals surface area contributed by atoms with Gasteiger partial charge in [0.05, 0.1) is 17.7 Å². The second-order valence-corrected chi connectivity index (χ2v) is 6.64. The van der Waals surface area contributed by atoms with Gasteiger partial charge in [-0.25, -0.2) is 0 Å². The highest BCUT2D eigenvalue weighted by Gasteiger charge is 2.26. The van der Waals surface area contributed by atoms with Crippen LogP contribution in [0.3, 0.4) is 0 Å². The molecule has 2 aromatic rings. The SMILES string of the molecule is CCCCOc1ccccc1C(=O)c1c(C)c(C#N)c(=O)n(CCCOC)c1O. The minimum atomic E-state index is -0.623. The Morgan fingerprint density at radius 2 is 1.97 bits per heavy atom. The lowest BCUT2D eigenvalue weighted by atomic mass is 9.96. The van der Waals surface area contributed by atoms with Gasteiger partial charge in [-0.2, -0.15) is 5.26 Å². The molecular formula is C22H26N2O5. The molecule has 0 saturated heterocycles. The average Bonchev–Trinajstić information content (AvgIpc) is 2.71. The predicted molar refractivity (Wildman–Crippen MR) is 109 cm³/mol. The summed E-state index contributed by atoms with van der Waals surface area (Å²) in [6.45, 7) is 4.50. The predicted octanol–water partition coefficient (Wildman–Crippen LogP) is 3.18. The molecule has 1 heterocycles. The van der Waals surface area contributed by atoms with Gasteiger partial charge in [-0.15, -0.1) is 0 Å². The summed E-state index contributed by atoms with van der Waals surface area (Å²) in [5, 5.41) is 20.2. The van der Waals surface area contributed by atoms with E-state index >= 15 is 0 Å².